The van der Waals surface area contributed by atoms with Crippen LogP contribution in [0, 0.1) is 5.92 Å². The maximum Gasteiger partial charge on any atom is 0.209 e. The zero-order valence-electron chi connectivity index (χ0n) is 9.00. The standard InChI is InChI=1S/C11H19NO/c1-8(2)7-10(4)13-11-6-5-9(3)12-11/h6,8,10H,5,7H2,1-4H3. The fraction of sp³-hybridized carbons (Fsp3) is 0.727. The van der Waals surface area contributed by atoms with Crippen LogP contribution in [0.3, 0.4) is 0 Å². The van der Waals surface area contributed by atoms with Crippen molar-refractivity contribution in [3.05, 3.63) is 12.0 Å². The van der Waals surface area contributed by atoms with Crippen LogP contribution in [0.1, 0.15) is 40.5 Å². The van der Waals surface area contributed by atoms with Gasteiger partial charge in [-0.2, -0.15) is 0 Å². The Morgan fingerprint density at radius 1 is 1.46 bits per heavy atom. The Balaban J connectivity index is 2.33. The molecule has 1 aliphatic rings. The van der Waals surface area contributed by atoms with E-state index in [1.165, 1.54) is 0 Å². The van der Waals surface area contributed by atoms with Crippen molar-refractivity contribution in [2.45, 2.75) is 46.6 Å². The Morgan fingerprint density at radius 2 is 2.15 bits per heavy atom. The molecule has 2 nitrogen and oxygen atoms in total. The van der Waals surface area contributed by atoms with Crippen LogP contribution in [0.4, 0.5) is 0 Å². The second-order valence-corrected chi connectivity index (χ2v) is 4.15. The summed E-state index contributed by atoms with van der Waals surface area (Å²) in [7, 11) is 0. The van der Waals surface area contributed by atoms with Crippen molar-refractivity contribution in [2.75, 3.05) is 0 Å². The predicted octanol–water partition coefficient (Wildman–Crippen LogP) is 3.14. The van der Waals surface area contributed by atoms with E-state index in [2.05, 4.69) is 25.8 Å². The molecule has 0 N–H and O–H groups in total. The third kappa shape index (κ3) is 3.62. The normalized spacial score (nSPS) is 18.5. The summed E-state index contributed by atoms with van der Waals surface area (Å²) in [4.78, 5) is 4.29. The molecule has 1 rings (SSSR count). The van der Waals surface area contributed by atoms with Crippen molar-refractivity contribution in [1.29, 1.82) is 0 Å². The minimum Gasteiger partial charge on any atom is -0.475 e. The minimum absolute atomic E-state index is 0.279. The average Bonchev–Trinajstić information content (AvgIpc) is 2.33. The molecule has 0 aromatic carbocycles. The molecule has 0 saturated carbocycles. The fourth-order valence-corrected chi connectivity index (χ4v) is 1.51. The van der Waals surface area contributed by atoms with Gasteiger partial charge in [0.05, 0.1) is 6.10 Å². The van der Waals surface area contributed by atoms with E-state index in [1.54, 1.807) is 0 Å². The van der Waals surface area contributed by atoms with E-state index in [4.69, 9.17) is 4.74 Å². The van der Waals surface area contributed by atoms with Gasteiger partial charge in [-0.3, -0.25) is 0 Å². The van der Waals surface area contributed by atoms with Crippen LogP contribution in [0.5, 0.6) is 0 Å². The SMILES string of the molecule is CC1=NC(OC(C)CC(C)C)=CC1. The first-order valence-corrected chi connectivity index (χ1v) is 4.99. The van der Waals surface area contributed by atoms with Crippen LogP contribution in [-0.2, 0) is 4.74 Å². The van der Waals surface area contributed by atoms with E-state index in [1.807, 2.05) is 13.0 Å². The van der Waals surface area contributed by atoms with Crippen molar-refractivity contribution in [3.63, 3.8) is 0 Å². The summed E-state index contributed by atoms with van der Waals surface area (Å²) in [5.74, 6) is 1.49. The first-order chi connectivity index (χ1) is 6.08. The van der Waals surface area contributed by atoms with Crippen molar-refractivity contribution >= 4 is 5.71 Å². The maximum atomic E-state index is 5.67. The van der Waals surface area contributed by atoms with Crippen molar-refractivity contribution < 1.29 is 4.74 Å². The molecule has 0 saturated heterocycles. The van der Waals surface area contributed by atoms with Crippen molar-refractivity contribution in [2.24, 2.45) is 10.9 Å². The number of allylic oxidation sites excluding steroid dienone is 1. The molecule has 0 fully saturated rings. The number of ether oxygens (including phenoxy) is 1. The van der Waals surface area contributed by atoms with Gasteiger partial charge in [-0.05, 0) is 32.3 Å². The number of hydrogen-bond acceptors (Lipinski definition) is 2. The average molecular weight is 181 g/mol. The lowest BCUT2D eigenvalue weighted by Gasteiger charge is -2.15. The largest absolute Gasteiger partial charge is 0.475 e. The first kappa shape index (κ1) is 10.3. The molecule has 0 amide bonds. The summed E-state index contributed by atoms with van der Waals surface area (Å²) >= 11 is 0. The van der Waals surface area contributed by atoms with Crippen LogP contribution >= 0.6 is 0 Å². The summed E-state index contributed by atoms with van der Waals surface area (Å²) in [5.41, 5.74) is 1.15. The van der Waals surface area contributed by atoms with Gasteiger partial charge in [0.25, 0.3) is 0 Å². The van der Waals surface area contributed by atoms with Crippen molar-refractivity contribution in [3.8, 4) is 0 Å². The van der Waals surface area contributed by atoms with Gasteiger partial charge in [-0.15, -0.1) is 0 Å². The summed E-state index contributed by atoms with van der Waals surface area (Å²) < 4.78 is 5.67. The van der Waals surface area contributed by atoms with Gasteiger partial charge < -0.3 is 4.74 Å². The molecule has 0 aliphatic carbocycles. The number of hydrogen-bond donors (Lipinski definition) is 0. The highest BCUT2D eigenvalue weighted by Crippen LogP contribution is 2.16. The molecule has 13 heavy (non-hydrogen) atoms. The van der Waals surface area contributed by atoms with Gasteiger partial charge in [-0.1, -0.05) is 13.8 Å². The molecule has 1 heterocycles. The smallest absolute Gasteiger partial charge is 0.209 e. The van der Waals surface area contributed by atoms with Gasteiger partial charge in [-0.25, -0.2) is 4.99 Å². The zero-order valence-corrected chi connectivity index (χ0v) is 9.00. The third-order valence-corrected chi connectivity index (χ3v) is 2.00. The lowest BCUT2D eigenvalue weighted by molar-refractivity contribution is 0.111. The highest BCUT2D eigenvalue weighted by Gasteiger charge is 2.10. The van der Waals surface area contributed by atoms with Crippen LogP contribution in [0.2, 0.25) is 0 Å². The van der Waals surface area contributed by atoms with E-state index in [9.17, 15) is 0 Å². The quantitative estimate of drug-likeness (QED) is 0.653. The molecule has 0 radical (unpaired) electrons. The lowest BCUT2D eigenvalue weighted by Crippen LogP contribution is -2.09. The van der Waals surface area contributed by atoms with Crippen LogP contribution in [0.15, 0.2) is 17.0 Å². The molecule has 0 aromatic heterocycles. The number of rotatable bonds is 4. The van der Waals surface area contributed by atoms with Gasteiger partial charge in [0.1, 0.15) is 0 Å². The lowest BCUT2D eigenvalue weighted by atomic mass is 10.1. The highest BCUT2D eigenvalue weighted by molar-refractivity contribution is 5.86. The van der Waals surface area contributed by atoms with Gasteiger partial charge in [0.2, 0.25) is 5.88 Å². The summed E-state index contributed by atoms with van der Waals surface area (Å²) in [6.07, 6.45) is 4.36. The highest BCUT2D eigenvalue weighted by atomic mass is 16.5. The summed E-state index contributed by atoms with van der Waals surface area (Å²) in [5, 5.41) is 0. The molecule has 0 spiro atoms. The molecule has 2 heteroatoms. The molecule has 1 atom stereocenters. The Labute approximate surface area is 80.7 Å². The molecule has 1 unspecified atom stereocenters. The van der Waals surface area contributed by atoms with Gasteiger partial charge in [0, 0.05) is 12.1 Å². The molecule has 74 valence electrons. The third-order valence-electron chi connectivity index (χ3n) is 2.00. The van der Waals surface area contributed by atoms with E-state index in [0.717, 1.165) is 24.4 Å². The summed E-state index contributed by atoms with van der Waals surface area (Å²) in [6, 6.07) is 0. The van der Waals surface area contributed by atoms with Gasteiger partial charge >= 0.3 is 0 Å². The Hall–Kier alpha value is -0.790. The van der Waals surface area contributed by atoms with Crippen LogP contribution < -0.4 is 0 Å². The zero-order chi connectivity index (χ0) is 9.84. The number of aliphatic imine (C=N–C) groups is 1. The maximum absolute atomic E-state index is 5.67. The minimum atomic E-state index is 0.279. The van der Waals surface area contributed by atoms with Gasteiger partial charge in [0.15, 0.2) is 0 Å². The van der Waals surface area contributed by atoms with E-state index < -0.39 is 0 Å². The van der Waals surface area contributed by atoms with Crippen molar-refractivity contribution in [1.82, 2.24) is 0 Å². The Bertz CT molecular complexity index is 228. The van der Waals surface area contributed by atoms with E-state index >= 15 is 0 Å². The van der Waals surface area contributed by atoms with Crippen LogP contribution in [-0.4, -0.2) is 11.8 Å². The molecular formula is C11H19NO. The number of nitrogens with zero attached hydrogens (tertiary/aromatic N) is 1. The second-order valence-electron chi connectivity index (χ2n) is 4.15. The molecule has 1 aliphatic heterocycles. The molecular weight excluding hydrogens is 162 g/mol. The van der Waals surface area contributed by atoms with Crippen LogP contribution in [0.25, 0.3) is 0 Å². The topological polar surface area (TPSA) is 21.6 Å². The second kappa shape index (κ2) is 4.45. The fourth-order valence-electron chi connectivity index (χ4n) is 1.51. The molecule has 0 aromatic rings. The first-order valence-electron chi connectivity index (χ1n) is 4.99. The summed E-state index contributed by atoms with van der Waals surface area (Å²) in [6.45, 7) is 8.54. The van der Waals surface area contributed by atoms with E-state index in [0.29, 0.717) is 5.92 Å². The van der Waals surface area contributed by atoms with E-state index in [-0.39, 0.29) is 6.10 Å². The Kier molecular flexibility index (Phi) is 3.52. The predicted molar refractivity (Wildman–Crippen MR) is 55.8 cm³/mol. The molecule has 0 bridgehead atoms. The Morgan fingerprint density at radius 3 is 2.62 bits per heavy atom. The monoisotopic (exact) mass is 181 g/mol.